The molecule has 0 bridgehead atoms. The van der Waals surface area contributed by atoms with E-state index in [1.807, 2.05) is 79.7 Å². The zero-order chi connectivity index (χ0) is 15.5. The van der Waals surface area contributed by atoms with Crippen LogP contribution in [0.4, 0.5) is 5.69 Å². The number of carbonyl (C=O) groups excluding carboxylic acids is 1. The molecule has 0 saturated carbocycles. The Bertz CT molecular complexity index is 691. The van der Waals surface area contributed by atoms with Gasteiger partial charge in [-0.05, 0) is 23.8 Å². The minimum Gasteiger partial charge on any atom is -0.433 e. The van der Waals surface area contributed by atoms with Crippen LogP contribution in [0.2, 0.25) is 0 Å². The summed E-state index contributed by atoms with van der Waals surface area (Å²) >= 11 is 0. The van der Waals surface area contributed by atoms with Crippen LogP contribution in [0.15, 0.2) is 60.3 Å². The van der Waals surface area contributed by atoms with Crippen LogP contribution in [0.1, 0.15) is 17.4 Å². The lowest BCUT2D eigenvalue weighted by Crippen LogP contribution is -2.12. The Morgan fingerprint density at radius 1 is 1.05 bits per heavy atom. The number of nitrogens with zero attached hydrogens (tertiary/aromatic N) is 1. The van der Waals surface area contributed by atoms with E-state index in [0.29, 0.717) is 5.70 Å². The van der Waals surface area contributed by atoms with Gasteiger partial charge in [0.15, 0.2) is 6.23 Å². The molecule has 2 aromatic rings. The molecule has 1 N–H and O–H groups in total. The van der Waals surface area contributed by atoms with Crippen LogP contribution in [0, 0.1) is 0 Å². The second-order valence-electron chi connectivity index (χ2n) is 5.38. The summed E-state index contributed by atoms with van der Waals surface area (Å²) in [6.45, 7) is 0. The van der Waals surface area contributed by atoms with E-state index in [2.05, 4.69) is 5.32 Å². The van der Waals surface area contributed by atoms with Crippen molar-refractivity contribution in [1.29, 1.82) is 0 Å². The number of anilines is 1. The van der Waals surface area contributed by atoms with Crippen LogP contribution in [0.5, 0.6) is 0 Å². The molecule has 2 aromatic carbocycles. The van der Waals surface area contributed by atoms with Gasteiger partial charge in [0.1, 0.15) is 5.70 Å². The maximum Gasteiger partial charge on any atom is 0.356 e. The van der Waals surface area contributed by atoms with Gasteiger partial charge in [-0.25, -0.2) is 4.79 Å². The largest absolute Gasteiger partial charge is 0.433 e. The normalized spacial score (nSPS) is 18.9. The molecule has 4 heteroatoms. The van der Waals surface area contributed by atoms with Crippen molar-refractivity contribution in [1.82, 2.24) is 5.32 Å². The molecule has 22 heavy (non-hydrogen) atoms. The highest BCUT2D eigenvalue weighted by molar-refractivity contribution is 5.95. The number of cyclic esters (lactones) is 1. The Hall–Kier alpha value is -2.75. The van der Waals surface area contributed by atoms with E-state index in [1.54, 1.807) is 0 Å². The van der Waals surface area contributed by atoms with E-state index in [1.165, 1.54) is 0 Å². The van der Waals surface area contributed by atoms with Gasteiger partial charge in [-0.1, -0.05) is 42.5 Å². The highest BCUT2D eigenvalue weighted by Crippen LogP contribution is 2.24. The van der Waals surface area contributed by atoms with Crippen molar-refractivity contribution in [2.75, 3.05) is 19.0 Å². The molecule has 1 aliphatic rings. The summed E-state index contributed by atoms with van der Waals surface area (Å²) in [4.78, 5) is 14.0. The number of esters is 1. The molecule has 0 spiro atoms. The first-order valence-electron chi connectivity index (χ1n) is 7.15. The summed E-state index contributed by atoms with van der Waals surface area (Å²) in [5, 5.41) is 3.12. The predicted octanol–water partition coefficient (Wildman–Crippen LogP) is 2.94. The Balaban J connectivity index is 1.78. The fraction of sp³-hybridized carbons (Fsp3) is 0.167. The minimum absolute atomic E-state index is 0.328. The van der Waals surface area contributed by atoms with Crippen LogP contribution in [0.25, 0.3) is 6.08 Å². The monoisotopic (exact) mass is 294 g/mol. The average Bonchev–Trinajstić information content (AvgIpc) is 2.90. The van der Waals surface area contributed by atoms with E-state index in [9.17, 15) is 4.79 Å². The molecule has 1 aliphatic heterocycles. The van der Waals surface area contributed by atoms with Crippen molar-refractivity contribution in [3.8, 4) is 0 Å². The van der Waals surface area contributed by atoms with Gasteiger partial charge in [-0.3, -0.25) is 0 Å². The topological polar surface area (TPSA) is 41.6 Å². The van der Waals surface area contributed by atoms with Crippen molar-refractivity contribution >= 4 is 17.7 Å². The maximum absolute atomic E-state index is 12.0. The summed E-state index contributed by atoms with van der Waals surface area (Å²) in [6, 6.07) is 17.6. The van der Waals surface area contributed by atoms with E-state index >= 15 is 0 Å². The quantitative estimate of drug-likeness (QED) is 0.698. The zero-order valence-electron chi connectivity index (χ0n) is 12.6. The van der Waals surface area contributed by atoms with Crippen LogP contribution in [0.3, 0.4) is 0 Å². The average molecular weight is 294 g/mol. The number of hydrogen-bond acceptors (Lipinski definition) is 4. The van der Waals surface area contributed by atoms with Gasteiger partial charge < -0.3 is 15.0 Å². The molecule has 0 amide bonds. The SMILES string of the molecule is CN(C)c1ccc(/C=C2/N[C@H](c3ccccc3)OC2=O)cc1. The number of rotatable bonds is 3. The van der Waals surface area contributed by atoms with Crippen LogP contribution < -0.4 is 10.2 Å². The predicted molar refractivity (Wildman–Crippen MR) is 87.2 cm³/mol. The Kier molecular flexibility index (Phi) is 3.83. The molecule has 0 unspecified atom stereocenters. The fourth-order valence-electron chi connectivity index (χ4n) is 2.32. The molecule has 0 radical (unpaired) electrons. The van der Waals surface area contributed by atoms with Crippen molar-refractivity contribution in [3.63, 3.8) is 0 Å². The number of hydrogen-bond donors (Lipinski definition) is 1. The van der Waals surface area contributed by atoms with Crippen LogP contribution >= 0.6 is 0 Å². The number of nitrogens with one attached hydrogen (secondary N) is 1. The van der Waals surface area contributed by atoms with Gasteiger partial charge in [0.05, 0.1) is 0 Å². The molecule has 112 valence electrons. The third-order valence-electron chi connectivity index (χ3n) is 3.55. The highest BCUT2D eigenvalue weighted by Gasteiger charge is 2.28. The molecule has 0 aromatic heterocycles. The summed E-state index contributed by atoms with van der Waals surface area (Å²) < 4.78 is 5.37. The lowest BCUT2D eigenvalue weighted by atomic mass is 10.1. The number of benzene rings is 2. The van der Waals surface area contributed by atoms with Gasteiger partial charge in [-0.2, -0.15) is 0 Å². The standard InChI is InChI=1S/C18H18N2O2/c1-20(2)15-10-8-13(9-11-15)12-16-18(21)22-17(19-16)14-6-4-3-5-7-14/h3-12,17,19H,1-2H3/b16-12+/t17-/m0/s1. The Morgan fingerprint density at radius 3 is 2.36 bits per heavy atom. The fourth-order valence-corrected chi connectivity index (χ4v) is 2.32. The van der Waals surface area contributed by atoms with Crippen molar-refractivity contribution < 1.29 is 9.53 Å². The molecular formula is C18H18N2O2. The number of ether oxygens (including phenoxy) is 1. The molecule has 1 fully saturated rings. The Morgan fingerprint density at radius 2 is 1.73 bits per heavy atom. The van der Waals surface area contributed by atoms with E-state index in [0.717, 1.165) is 16.8 Å². The van der Waals surface area contributed by atoms with Gasteiger partial charge in [-0.15, -0.1) is 0 Å². The smallest absolute Gasteiger partial charge is 0.356 e. The number of carbonyl (C=O) groups is 1. The highest BCUT2D eigenvalue weighted by atomic mass is 16.6. The molecule has 1 saturated heterocycles. The third-order valence-corrected chi connectivity index (χ3v) is 3.55. The van der Waals surface area contributed by atoms with Crippen molar-refractivity contribution in [2.45, 2.75) is 6.23 Å². The van der Waals surface area contributed by atoms with Gasteiger partial charge in [0.25, 0.3) is 0 Å². The molecule has 4 nitrogen and oxygen atoms in total. The van der Waals surface area contributed by atoms with E-state index in [-0.39, 0.29) is 5.97 Å². The second-order valence-corrected chi connectivity index (χ2v) is 5.38. The van der Waals surface area contributed by atoms with Crippen molar-refractivity contribution in [2.24, 2.45) is 0 Å². The van der Waals surface area contributed by atoms with Crippen LogP contribution in [-0.2, 0) is 9.53 Å². The lowest BCUT2D eigenvalue weighted by molar-refractivity contribution is -0.139. The summed E-state index contributed by atoms with van der Waals surface area (Å²) in [5.41, 5.74) is 3.48. The zero-order valence-corrected chi connectivity index (χ0v) is 12.6. The summed E-state index contributed by atoms with van der Waals surface area (Å²) in [7, 11) is 3.99. The van der Waals surface area contributed by atoms with Crippen molar-refractivity contribution in [3.05, 3.63) is 71.4 Å². The molecule has 1 heterocycles. The minimum atomic E-state index is -0.416. The lowest BCUT2D eigenvalue weighted by Gasteiger charge is -2.12. The summed E-state index contributed by atoms with van der Waals surface area (Å²) in [6.07, 6.45) is 1.39. The molecule has 0 aliphatic carbocycles. The van der Waals surface area contributed by atoms with E-state index < -0.39 is 6.23 Å². The Labute approximate surface area is 130 Å². The molecule has 3 rings (SSSR count). The van der Waals surface area contributed by atoms with Gasteiger partial charge in [0, 0.05) is 25.3 Å². The van der Waals surface area contributed by atoms with E-state index in [4.69, 9.17) is 4.74 Å². The first kappa shape index (κ1) is 14.2. The van der Waals surface area contributed by atoms with Crippen LogP contribution in [-0.4, -0.2) is 20.1 Å². The third kappa shape index (κ3) is 2.96. The summed E-state index contributed by atoms with van der Waals surface area (Å²) in [5.74, 6) is -0.328. The first-order chi connectivity index (χ1) is 10.6. The first-order valence-corrected chi connectivity index (χ1v) is 7.15. The maximum atomic E-state index is 12.0. The van der Waals surface area contributed by atoms with Gasteiger partial charge in [0.2, 0.25) is 0 Å². The van der Waals surface area contributed by atoms with Gasteiger partial charge >= 0.3 is 5.97 Å². The molecule has 1 atom stereocenters. The molecular weight excluding hydrogens is 276 g/mol. The second kappa shape index (κ2) is 5.93.